The predicted octanol–water partition coefficient (Wildman–Crippen LogP) is 5.16. The number of methoxy groups -OCH3 is 1. The summed E-state index contributed by atoms with van der Waals surface area (Å²) >= 11 is 12.9. The van der Waals surface area contributed by atoms with Gasteiger partial charge in [-0.15, -0.1) is 0 Å². The third-order valence-electron chi connectivity index (χ3n) is 2.66. The van der Waals surface area contributed by atoms with Gasteiger partial charge in [0.2, 0.25) is 0 Å². The zero-order valence-corrected chi connectivity index (χ0v) is 14.4. The lowest BCUT2D eigenvalue weighted by Crippen LogP contribution is -1.94. The van der Waals surface area contributed by atoms with Crippen LogP contribution in [0.1, 0.15) is 5.56 Å². The summed E-state index contributed by atoms with van der Waals surface area (Å²) in [5.41, 5.74) is 0.549. The molecule has 0 amide bonds. The second kappa shape index (κ2) is 6.80. The van der Waals surface area contributed by atoms with Crippen molar-refractivity contribution < 1.29 is 14.6 Å². The highest BCUT2D eigenvalue weighted by Gasteiger charge is 2.12. The van der Waals surface area contributed by atoms with E-state index in [2.05, 4.69) is 31.9 Å². The Labute approximate surface area is 138 Å². The van der Waals surface area contributed by atoms with Gasteiger partial charge in [-0.25, -0.2) is 0 Å². The highest BCUT2D eigenvalue weighted by Crippen LogP contribution is 2.39. The minimum Gasteiger partial charge on any atom is -0.496 e. The number of benzene rings is 2. The van der Waals surface area contributed by atoms with Gasteiger partial charge in [-0.05, 0) is 56.1 Å². The van der Waals surface area contributed by atoms with E-state index in [1.54, 1.807) is 37.4 Å². The molecule has 0 saturated heterocycles. The lowest BCUT2D eigenvalue weighted by molar-refractivity contribution is 0.276. The summed E-state index contributed by atoms with van der Waals surface area (Å²) in [4.78, 5) is 0. The quantitative estimate of drug-likeness (QED) is 0.740. The Kier molecular flexibility index (Phi) is 5.32. The van der Waals surface area contributed by atoms with Gasteiger partial charge in [-0.2, -0.15) is 0 Å². The Morgan fingerprint density at radius 3 is 2.40 bits per heavy atom. The molecule has 0 fully saturated rings. The van der Waals surface area contributed by atoms with Crippen molar-refractivity contribution in [1.82, 2.24) is 0 Å². The molecule has 0 heterocycles. The van der Waals surface area contributed by atoms with Gasteiger partial charge < -0.3 is 14.6 Å². The first kappa shape index (κ1) is 15.6. The molecule has 106 valence electrons. The fourth-order valence-electron chi connectivity index (χ4n) is 1.65. The first-order chi connectivity index (χ1) is 9.56. The largest absolute Gasteiger partial charge is 0.496 e. The third kappa shape index (κ3) is 3.28. The summed E-state index contributed by atoms with van der Waals surface area (Å²) in [5, 5.41) is 9.84. The molecule has 2 rings (SSSR count). The van der Waals surface area contributed by atoms with Crippen molar-refractivity contribution in [2.24, 2.45) is 0 Å². The van der Waals surface area contributed by atoms with Gasteiger partial charge in [0.1, 0.15) is 17.2 Å². The van der Waals surface area contributed by atoms with Gasteiger partial charge in [-0.3, -0.25) is 0 Å². The lowest BCUT2D eigenvalue weighted by atomic mass is 10.2. The Morgan fingerprint density at radius 1 is 1.10 bits per heavy atom. The Balaban J connectivity index is 2.40. The number of rotatable bonds is 4. The Bertz CT molecular complexity index is 632. The van der Waals surface area contributed by atoms with Crippen molar-refractivity contribution in [2.45, 2.75) is 6.61 Å². The monoisotopic (exact) mass is 420 g/mol. The molecule has 0 aliphatic heterocycles. The SMILES string of the molecule is COc1cc(Br)c(Oc2cccc(Cl)c2CO)cc1Br. The average molecular weight is 423 g/mol. The fourth-order valence-corrected chi connectivity index (χ4v) is 2.76. The van der Waals surface area contributed by atoms with Gasteiger partial charge >= 0.3 is 0 Å². The first-order valence-corrected chi connectivity index (χ1v) is 7.62. The second-order valence-corrected chi connectivity index (χ2v) is 6.01. The zero-order valence-electron chi connectivity index (χ0n) is 10.5. The number of hydrogen-bond acceptors (Lipinski definition) is 3. The molecule has 0 spiro atoms. The molecule has 0 radical (unpaired) electrons. The molecular weight excluding hydrogens is 411 g/mol. The van der Waals surface area contributed by atoms with Crippen LogP contribution in [0.3, 0.4) is 0 Å². The van der Waals surface area contributed by atoms with Crippen LogP contribution in [0.4, 0.5) is 0 Å². The van der Waals surface area contributed by atoms with Crippen LogP contribution in [0.25, 0.3) is 0 Å². The average Bonchev–Trinajstić information content (AvgIpc) is 2.42. The maximum Gasteiger partial charge on any atom is 0.143 e. The van der Waals surface area contributed by atoms with Crippen molar-refractivity contribution in [3.63, 3.8) is 0 Å². The fraction of sp³-hybridized carbons (Fsp3) is 0.143. The molecule has 0 saturated carbocycles. The lowest BCUT2D eigenvalue weighted by Gasteiger charge is -2.13. The van der Waals surface area contributed by atoms with Crippen LogP contribution in [0.2, 0.25) is 5.02 Å². The topological polar surface area (TPSA) is 38.7 Å². The zero-order chi connectivity index (χ0) is 14.7. The molecule has 20 heavy (non-hydrogen) atoms. The van der Waals surface area contributed by atoms with Gasteiger partial charge in [0.05, 0.1) is 22.7 Å². The summed E-state index contributed by atoms with van der Waals surface area (Å²) in [6.45, 7) is -0.191. The van der Waals surface area contributed by atoms with Crippen LogP contribution in [-0.2, 0) is 6.61 Å². The highest BCUT2D eigenvalue weighted by molar-refractivity contribution is 9.11. The molecule has 0 atom stereocenters. The molecule has 6 heteroatoms. The number of halogens is 3. The maximum atomic E-state index is 9.38. The van der Waals surface area contributed by atoms with Crippen LogP contribution in [0, 0.1) is 0 Å². The molecular formula is C14H11Br2ClO3. The minimum absolute atomic E-state index is 0.191. The smallest absolute Gasteiger partial charge is 0.143 e. The van der Waals surface area contributed by atoms with Crippen LogP contribution in [0.5, 0.6) is 17.2 Å². The summed E-state index contributed by atoms with van der Waals surface area (Å²) < 4.78 is 12.5. The summed E-state index contributed by atoms with van der Waals surface area (Å²) in [6, 6.07) is 8.80. The summed E-state index contributed by atoms with van der Waals surface area (Å²) in [7, 11) is 1.59. The van der Waals surface area contributed by atoms with E-state index in [4.69, 9.17) is 21.1 Å². The van der Waals surface area contributed by atoms with Gasteiger partial charge in [0.25, 0.3) is 0 Å². The van der Waals surface area contributed by atoms with Crippen LogP contribution >= 0.6 is 43.5 Å². The molecule has 2 aromatic carbocycles. The van der Waals surface area contributed by atoms with Crippen molar-refractivity contribution in [3.05, 3.63) is 49.9 Å². The van der Waals surface area contributed by atoms with Gasteiger partial charge in [-0.1, -0.05) is 17.7 Å². The first-order valence-electron chi connectivity index (χ1n) is 5.66. The maximum absolute atomic E-state index is 9.38. The Morgan fingerprint density at radius 2 is 1.75 bits per heavy atom. The number of ether oxygens (including phenoxy) is 2. The van der Waals surface area contributed by atoms with E-state index in [1.165, 1.54) is 0 Å². The molecule has 0 aliphatic rings. The molecule has 3 nitrogen and oxygen atoms in total. The van der Waals surface area contributed by atoms with E-state index in [9.17, 15) is 5.11 Å². The molecule has 0 unspecified atom stereocenters. The summed E-state index contributed by atoms with van der Waals surface area (Å²) in [5.74, 6) is 1.80. The van der Waals surface area contributed by atoms with Crippen LogP contribution in [-0.4, -0.2) is 12.2 Å². The molecule has 0 aromatic heterocycles. The van der Waals surface area contributed by atoms with E-state index in [1.807, 2.05) is 0 Å². The third-order valence-corrected chi connectivity index (χ3v) is 4.25. The Hall–Kier alpha value is -0.750. The van der Waals surface area contributed by atoms with Crippen molar-refractivity contribution in [3.8, 4) is 17.2 Å². The van der Waals surface area contributed by atoms with E-state index >= 15 is 0 Å². The van der Waals surface area contributed by atoms with E-state index < -0.39 is 0 Å². The molecule has 2 aromatic rings. The van der Waals surface area contributed by atoms with Crippen molar-refractivity contribution in [2.75, 3.05) is 7.11 Å². The van der Waals surface area contributed by atoms with Crippen molar-refractivity contribution >= 4 is 43.5 Å². The normalized spacial score (nSPS) is 10.4. The van der Waals surface area contributed by atoms with Gasteiger partial charge in [0, 0.05) is 10.6 Å². The highest BCUT2D eigenvalue weighted by atomic mass is 79.9. The second-order valence-electron chi connectivity index (χ2n) is 3.89. The standard InChI is InChI=1S/C14H11Br2ClO3/c1-19-13-5-10(16)14(6-9(13)15)20-12-4-2-3-11(17)8(12)7-18/h2-6,18H,7H2,1H3. The van der Waals surface area contributed by atoms with Crippen molar-refractivity contribution in [1.29, 1.82) is 0 Å². The minimum atomic E-state index is -0.191. The predicted molar refractivity (Wildman–Crippen MR) is 85.8 cm³/mol. The number of hydrogen-bond donors (Lipinski definition) is 1. The van der Waals surface area contributed by atoms with E-state index in [0.29, 0.717) is 27.8 Å². The van der Waals surface area contributed by atoms with E-state index in [0.717, 1.165) is 8.95 Å². The number of aliphatic hydroxyl groups excluding tert-OH is 1. The van der Waals surface area contributed by atoms with Gasteiger partial charge in [0.15, 0.2) is 0 Å². The molecule has 0 aliphatic carbocycles. The van der Waals surface area contributed by atoms with Crippen LogP contribution < -0.4 is 9.47 Å². The van der Waals surface area contributed by atoms with Crippen LogP contribution in [0.15, 0.2) is 39.3 Å². The molecule has 0 bridgehead atoms. The number of aliphatic hydroxyl groups is 1. The summed E-state index contributed by atoms with van der Waals surface area (Å²) in [6.07, 6.45) is 0. The van der Waals surface area contributed by atoms with E-state index in [-0.39, 0.29) is 6.61 Å². The molecule has 1 N–H and O–H groups in total.